The van der Waals surface area contributed by atoms with Gasteiger partial charge in [-0.05, 0) is 19.0 Å². The molecule has 1 aromatic rings. The number of rotatable bonds is 6. The lowest BCUT2D eigenvalue weighted by Gasteiger charge is -2.25. The minimum absolute atomic E-state index is 0.412. The zero-order chi connectivity index (χ0) is 11.3. The van der Waals surface area contributed by atoms with E-state index >= 15 is 0 Å². The van der Waals surface area contributed by atoms with Crippen molar-refractivity contribution in [3.63, 3.8) is 0 Å². The van der Waals surface area contributed by atoms with E-state index in [9.17, 15) is 4.79 Å². The van der Waals surface area contributed by atoms with Crippen LogP contribution in [0.15, 0.2) is 23.0 Å². The molecule has 84 valence electrons. The third kappa shape index (κ3) is 3.09. The van der Waals surface area contributed by atoms with Crippen LogP contribution in [0.1, 0.15) is 25.8 Å². The molecule has 1 atom stereocenters. The average Bonchev–Trinajstić information content (AvgIpc) is 2.69. The smallest absolute Gasteiger partial charge is 0.320 e. The van der Waals surface area contributed by atoms with Crippen LogP contribution >= 0.6 is 0 Å². The molecule has 0 aliphatic rings. The Morgan fingerprint density at radius 3 is 2.73 bits per heavy atom. The van der Waals surface area contributed by atoms with Gasteiger partial charge >= 0.3 is 5.97 Å². The van der Waals surface area contributed by atoms with Crippen LogP contribution in [0, 0.1) is 0 Å². The van der Waals surface area contributed by atoms with E-state index in [1.807, 2.05) is 24.8 Å². The zero-order valence-corrected chi connectivity index (χ0v) is 9.14. The fourth-order valence-electron chi connectivity index (χ4n) is 1.65. The van der Waals surface area contributed by atoms with Crippen molar-refractivity contribution in [3.8, 4) is 0 Å². The molecule has 1 heterocycles. The van der Waals surface area contributed by atoms with Crippen LogP contribution in [-0.4, -0.2) is 28.6 Å². The lowest BCUT2D eigenvalue weighted by Crippen LogP contribution is -2.40. The summed E-state index contributed by atoms with van der Waals surface area (Å²) in [5.41, 5.74) is 1.01. The molecule has 1 N–H and O–H groups in total. The van der Waals surface area contributed by atoms with Crippen molar-refractivity contribution in [2.24, 2.45) is 0 Å². The van der Waals surface area contributed by atoms with Crippen LogP contribution < -0.4 is 0 Å². The van der Waals surface area contributed by atoms with Gasteiger partial charge in [0.25, 0.3) is 0 Å². The van der Waals surface area contributed by atoms with Gasteiger partial charge in [0.1, 0.15) is 6.04 Å². The lowest BCUT2D eigenvalue weighted by atomic mass is 10.1. The van der Waals surface area contributed by atoms with Crippen molar-refractivity contribution in [2.45, 2.75) is 32.9 Å². The summed E-state index contributed by atoms with van der Waals surface area (Å²) in [5.74, 6) is -0.761. The molecule has 0 aliphatic heterocycles. The Morgan fingerprint density at radius 2 is 2.33 bits per heavy atom. The molecule has 0 saturated heterocycles. The topological polar surface area (TPSA) is 53.7 Å². The van der Waals surface area contributed by atoms with Crippen LogP contribution in [0.3, 0.4) is 0 Å². The van der Waals surface area contributed by atoms with E-state index in [0.29, 0.717) is 13.0 Å². The second kappa shape index (κ2) is 5.56. The van der Waals surface area contributed by atoms with Crippen LogP contribution in [0.2, 0.25) is 0 Å². The van der Waals surface area contributed by atoms with Crippen LogP contribution in [0.5, 0.6) is 0 Å². The summed E-state index contributed by atoms with van der Waals surface area (Å²) in [7, 11) is 0. The molecule has 15 heavy (non-hydrogen) atoms. The van der Waals surface area contributed by atoms with E-state index in [0.717, 1.165) is 12.1 Å². The van der Waals surface area contributed by atoms with E-state index in [1.165, 1.54) is 0 Å². The third-order valence-electron chi connectivity index (χ3n) is 2.48. The summed E-state index contributed by atoms with van der Waals surface area (Å²) >= 11 is 0. The molecular formula is C11H17NO3. The summed E-state index contributed by atoms with van der Waals surface area (Å²) in [4.78, 5) is 12.9. The molecule has 0 saturated carbocycles. The Morgan fingerprint density at radius 1 is 1.60 bits per heavy atom. The minimum atomic E-state index is -0.761. The van der Waals surface area contributed by atoms with E-state index in [-0.39, 0.29) is 0 Å². The number of likely N-dealkylation sites (N-methyl/N-ethyl adjacent to an activating group) is 1. The molecule has 1 rings (SSSR count). The summed E-state index contributed by atoms with van der Waals surface area (Å²) in [6, 6.07) is 1.45. The predicted molar refractivity (Wildman–Crippen MR) is 56.5 cm³/mol. The lowest BCUT2D eigenvalue weighted by molar-refractivity contribution is -0.143. The highest BCUT2D eigenvalue weighted by molar-refractivity contribution is 5.73. The molecule has 0 aliphatic carbocycles. The maximum atomic E-state index is 11.0. The van der Waals surface area contributed by atoms with E-state index < -0.39 is 12.0 Å². The van der Waals surface area contributed by atoms with Gasteiger partial charge in [0.2, 0.25) is 0 Å². The van der Waals surface area contributed by atoms with Gasteiger partial charge in [0, 0.05) is 12.1 Å². The van der Waals surface area contributed by atoms with Crippen LogP contribution in [-0.2, 0) is 11.3 Å². The molecule has 0 radical (unpaired) electrons. The first-order chi connectivity index (χ1) is 7.19. The highest BCUT2D eigenvalue weighted by Crippen LogP contribution is 2.11. The zero-order valence-electron chi connectivity index (χ0n) is 9.14. The minimum Gasteiger partial charge on any atom is -0.480 e. The van der Waals surface area contributed by atoms with Crippen molar-refractivity contribution in [1.82, 2.24) is 4.90 Å². The number of carboxylic acids is 1. The van der Waals surface area contributed by atoms with Crippen molar-refractivity contribution in [2.75, 3.05) is 6.54 Å². The van der Waals surface area contributed by atoms with Gasteiger partial charge < -0.3 is 9.52 Å². The Hall–Kier alpha value is -1.29. The van der Waals surface area contributed by atoms with E-state index in [1.54, 1.807) is 12.5 Å². The van der Waals surface area contributed by atoms with Gasteiger partial charge in [0.15, 0.2) is 0 Å². The SMILES string of the molecule is CCC(C(=O)O)N(CC)Cc1ccoc1. The summed E-state index contributed by atoms with van der Waals surface area (Å²) < 4.78 is 4.96. The number of hydrogen-bond acceptors (Lipinski definition) is 3. The largest absolute Gasteiger partial charge is 0.480 e. The standard InChI is InChI=1S/C11H17NO3/c1-3-10(11(13)14)12(4-2)7-9-5-6-15-8-9/h5-6,8,10H,3-4,7H2,1-2H3,(H,13,14). The van der Waals surface area contributed by atoms with Gasteiger partial charge in [0.05, 0.1) is 12.5 Å². The van der Waals surface area contributed by atoms with Crippen molar-refractivity contribution < 1.29 is 14.3 Å². The molecule has 0 amide bonds. The number of carboxylic acid groups (broad SMARTS) is 1. The van der Waals surface area contributed by atoms with E-state index in [4.69, 9.17) is 9.52 Å². The first-order valence-corrected chi connectivity index (χ1v) is 5.17. The molecule has 0 aromatic carbocycles. The Kier molecular flexibility index (Phi) is 4.37. The number of furan rings is 1. The normalized spacial score (nSPS) is 13.0. The quantitative estimate of drug-likeness (QED) is 0.781. The predicted octanol–water partition coefficient (Wildman–Crippen LogP) is 1.96. The molecule has 0 spiro atoms. The molecular weight excluding hydrogens is 194 g/mol. The number of aliphatic carboxylic acids is 1. The summed E-state index contributed by atoms with van der Waals surface area (Å²) in [6.45, 7) is 5.19. The van der Waals surface area contributed by atoms with Crippen molar-refractivity contribution >= 4 is 5.97 Å². The highest BCUT2D eigenvalue weighted by Gasteiger charge is 2.22. The Bertz CT molecular complexity index is 295. The summed E-state index contributed by atoms with van der Waals surface area (Å²) in [6.07, 6.45) is 3.86. The second-order valence-electron chi connectivity index (χ2n) is 3.46. The van der Waals surface area contributed by atoms with Gasteiger partial charge in [-0.15, -0.1) is 0 Å². The van der Waals surface area contributed by atoms with Gasteiger partial charge in [-0.2, -0.15) is 0 Å². The number of carbonyl (C=O) groups is 1. The van der Waals surface area contributed by atoms with Gasteiger partial charge in [-0.3, -0.25) is 9.69 Å². The van der Waals surface area contributed by atoms with Gasteiger partial charge in [-0.1, -0.05) is 13.8 Å². The molecule has 4 heteroatoms. The number of nitrogens with zero attached hydrogens (tertiary/aromatic N) is 1. The maximum Gasteiger partial charge on any atom is 0.320 e. The van der Waals surface area contributed by atoms with Gasteiger partial charge in [-0.25, -0.2) is 0 Å². The highest BCUT2D eigenvalue weighted by atomic mass is 16.4. The fraction of sp³-hybridized carbons (Fsp3) is 0.545. The molecule has 4 nitrogen and oxygen atoms in total. The molecule has 0 bridgehead atoms. The average molecular weight is 211 g/mol. The Labute approximate surface area is 89.5 Å². The Balaban J connectivity index is 2.65. The van der Waals surface area contributed by atoms with Crippen molar-refractivity contribution in [1.29, 1.82) is 0 Å². The fourth-order valence-corrected chi connectivity index (χ4v) is 1.65. The second-order valence-corrected chi connectivity index (χ2v) is 3.46. The molecule has 0 fully saturated rings. The first kappa shape index (κ1) is 11.8. The summed E-state index contributed by atoms with van der Waals surface area (Å²) in [5, 5.41) is 9.04. The van der Waals surface area contributed by atoms with Crippen LogP contribution in [0.25, 0.3) is 0 Å². The third-order valence-corrected chi connectivity index (χ3v) is 2.48. The van der Waals surface area contributed by atoms with Crippen molar-refractivity contribution in [3.05, 3.63) is 24.2 Å². The first-order valence-electron chi connectivity index (χ1n) is 5.17. The van der Waals surface area contributed by atoms with Crippen LogP contribution in [0.4, 0.5) is 0 Å². The van der Waals surface area contributed by atoms with E-state index in [2.05, 4.69) is 0 Å². The maximum absolute atomic E-state index is 11.0. The number of hydrogen-bond donors (Lipinski definition) is 1. The molecule has 1 unspecified atom stereocenters. The monoisotopic (exact) mass is 211 g/mol. The molecule has 1 aromatic heterocycles.